The monoisotopic (exact) mass is 612 g/mol. The van der Waals surface area contributed by atoms with Crippen molar-refractivity contribution in [1.82, 2.24) is 15.0 Å². The van der Waals surface area contributed by atoms with Gasteiger partial charge >= 0.3 is 0 Å². The Morgan fingerprint density at radius 2 is 1.90 bits per heavy atom. The Morgan fingerprint density at radius 1 is 1.10 bits per heavy atom. The van der Waals surface area contributed by atoms with Gasteiger partial charge in [-0.2, -0.15) is 20.1 Å². The van der Waals surface area contributed by atoms with Crippen molar-refractivity contribution >= 4 is 63.0 Å². The van der Waals surface area contributed by atoms with Crippen LogP contribution in [-0.2, 0) is 4.74 Å². The number of hydrogen-bond acceptors (Lipinski definition) is 11. The van der Waals surface area contributed by atoms with Gasteiger partial charge in [-0.3, -0.25) is 10.1 Å². The third-order valence-corrected chi connectivity index (χ3v) is 6.67. The summed E-state index contributed by atoms with van der Waals surface area (Å²) in [6.45, 7) is 4.47. The van der Waals surface area contributed by atoms with E-state index >= 15 is 0 Å². The highest BCUT2D eigenvalue weighted by molar-refractivity contribution is 9.10. The lowest BCUT2D eigenvalue weighted by Gasteiger charge is -2.27. The maximum Gasteiger partial charge on any atom is 0.288 e. The van der Waals surface area contributed by atoms with Crippen LogP contribution in [0.3, 0.4) is 0 Å². The number of ether oxygens (including phenoxy) is 1. The molecule has 1 aliphatic rings. The number of morpholine rings is 1. The molecule has 0 unspecified atom stereocenters. The maximum atomic E-state index is 11.2. The van der Waals surface area contributed by atoms with Crippen LogP contribution in [0.2, 0.25) is 5.02 Å². The summed E-state index contributed by atoms with van der Waals surface area (Å²) in [4.78, 5) is 26.2. The van der Waals surface area contributed by atoms with Crippen LogP contribution in [0, 0.1) is 17.0 Å². The predicted octanol–water partition coefficient (Wildman–Crippen LogP) is 5.79. The van der Waals surface area contributed by atoms with Gasteiger partial charge in [0, 0.05) is 29.2 Å². The van der Waals surface area contributed by atoms with Crippen molar-refractivity contribution in [2.45, 2.75) is 6.92 Å². The highest BCUT2D eigenvalue weighted by Gasteiger charge is 2.18. The summed E-state index contributed by atoms with van der Waals surface area (Å²) in [5.41, 5.74) is 5.07. The van der Waals surface area contributed by atoms with E-state index in [1.165, 1.54) is 18.3 Å². The number of aryl methyl sites for hydroxylation is 1. The van der Waals surface area contributed by atoms with Crippen molar-refractivity contribution in [2.75, 3.05) is 41.9 Å². The molecular formula is C25H22BrClN8O4. The number of hydrazone groups is 1. The molecule has 5 rings (SSSR count). The minimum Gasteiger partial charge on any atom is -0.455 e. The Bertz CT molecular complexity index is 1540. The van der Waals surface area contributed by atoms with Gasteiger partial charge in [-0.05, 0) is 64.8 Å². The zero-order valence-electron chi connectivity index (χ0n) is 20.6. The van der Waals surface area contributed by atoms with Gasteiger partial charge in [-0.15, -0.1) is 0 Å². The van der Waals surface area contributed by atoms with Gasteiger partial charge in [-0.25, -0.2) is 5.43 Å². The van der Waals surface area contributed by atoms with Gasteiger partial charge in [-0.1, -0.05) is 17.7 Å². The summed E-state index contributed by atoms with van der Waals surface area (Å²) in [5.74, 6) is 1.91. The van der Waals surface area contributed by atoms with Gasteiger partial charge in [0.2, 0.25) is 17.8 Å². The number of halogens is 2. The summed E-state index contributed by atoms with van der Waals surface area (Å²) in [7, 11) is 0. The second-order valence-electron chi connectivity index (χ2n) is 8.49. The van der Waals surface area contributed by atoms with E-state index in [1.807, 2.05) is 30.0 Å². The lowest BCUT2D eigenvalue weighted by molar-refractivity contribution is -0.384. The molecule has 1 aliphatic heterocycles. The van der Waals surface area contributed by atoms with E-state index in [1.54, 1.807) is 18.2 Å². The molecule has 0 aliphatic carbocycles. The average molecular weight is 614 g/mol. The first kappa shape index (κ1) is 26.5. The Balaban J connectivity index is 1.35. The Hall–Kier alpha value is -4.07. The summed E-state index contributed by atoms with van der Waals surface area (Å²) in [6, 6.07) is 13.8. The third-order valence-electron chi connectivity index (χ3n) is 5.70. The van der Waals surface area contributed by atoms with Gasteiger partial charge in [0.25, 0.3) is 5.69 Å². The number of furan rings is 1. The molecule has 3 heterocycles. The normalized spacial score (nSPS) is 13.6. The van der Waals surface area contributed by atoms with Crippen molar-refractivity contribution < 1.29 is 14.1 Å². The molecule has 1 saturated heterocycles. The molecule has 39 heavy (non-hydrogen) atoms. The number of nitrogens with zero attached hydrogens (tertiary/aromatic N) is 6. The van der Waals surface area contributed by atoms with Crippen molar-refractivity contribution in [3.8, 4) is 11.3 Å². The molecule has 0 saturated carbocycles. The number of nitro benzene ring substituents is 1. The Morgan fingerprint density at radius 3 is 2.67 bits per heavy atom. The molecule has 0 atom stereocenters. The summed E-state index contributed by atoms with van der Waals surface area (Å²) >= 11 is 9.48. The summed E-state index contributed by atoms with van der Waals surface area (Å²) < 4.78 is 12.1. The zero-order chi connectivity index (χ0) is 27.4. The molecule has 2 N–H and O–H groups in total. The van der Waals surface area contributed by atoms with E-state index in [-0.39, 0.29) is 16.7 Å². The van der Waals surface area contributed by atoms with Gasteiger partial charge in [0.15, 0.2) is 0 Å². The van der Waals surface area contributed by atoms with E-state index in [0.29, 0.717) is 55.3 Å². The van der Waals surface area contributed by atoms with Crippen molar-refractivity contribution in [3.63, 3.8) is 0 Å². The fraction of sp³-hybridized carbons (Fsp3) is 0.200. The van der Waals surface area contributed by atoms with Crippen LogP contribution in [0.1, 0.15) is 11.3 Å². The van der Waals surface area contributed by atoms with Crippen molar-refractivity contribution in [1.29, 1.82) is 0 Å². The first-order valence-electron chi connectivity index (χ1n) is 11.8. The number of aromatic nitrogens is 3. The fourth-order valence-corrected chi connectivity index (χ4v) is 4.53. The lowest BCUT2D eigenvalue weighted by atomic mass is 10.1. The van der Waals surface area contributed by atoms with Crippen LogP contribution >= 0.6 is 27.5 Å². The number of hydrogen-bond donors (Lipinski definition) is 2. The maximum absolute atomic E-state index is 11.2. The third kappa shape index (κ3) is 6.50. The van der Waals surface area contributed by atoms with Crippen LogP contribution in [0.5, 0.6) is 0 Å². The molecule has 0 amide bonds. The Kier molecular flexibility index (Phi) is 8.00. The van der Waals surface area contributed by atoms with Gasteiger partial charge in [0.1, 0.15) is 16.5 Å². The molecule has 14 heteroatoms. The summed E-state index contributed by atoms with van der Waals surface area (Å²) in [6.07, 6.45) is 1.45. The quantitative estimate of drug-likeness (QED) is 0.142. The number of nitrogens with one attached hydrogen (secondary N) is 2. The number of benzene rings is 2. The fourth-order valence-electron chi connectivity index (χ4n) is 3.75. The molecule has 2 aromatic carbocycles. The van der Waals surface area contributed by atoms with Gasteiger partial charge in [0.05, 0.1) is 30.0 Å². The molecule has 1 fully saturated rings. The minimum atomic E-state index is -0.540. The van der Waals surface area contributed by atoms with Crippen molar-refractivity contribution in [3.05, 3.63) is 79.5 Å². The minimum absolute atomic E-state index is 0.0543. The highest BCUT2D eigenvalue weighted by Crippen LogP contribution is 2.31. The SMILES string of the molecule is Cc1ccc(Nc2nc(NN=Cc3ccc(-c4ccc(Cl)c([N+](=O)[O-])c4)o3)nc(N3CCOCC3)n2)c(Br)c1. The largest absolute Gasteiger partial charge is 0.455 e. The first-order chi connectivity index (χ1) is 18.9. The molecule has 2 aromatic heterocycles. The smallest absolute Gasteiger partial charge is 0.288 e. The first-order valence-corrected chi connectivity index (χ1v) is 13.0. The van der Waals surface area contributed by atoms with E-state index in [2.05, 4.69) is 46.7 Å². The molecule has 0 radical (unpaired) electrons. The standard InChI is InChI=1S/C25H22BrClN8O4/c1-15-2-6-20(18(26)12-15)29-23-30-24(32-25(31-23)34-8-10-38-11-9-34)33-28-14-17-4-7-22(39-17)16-3-5-19(27)21(13-16)35(36)37/h2-7,12-14H,8-11H2,1H3,(H2,29,30,31,32,33). The van der Waals surface area contributed by atoms with E-state index in [0.717, 1.165) is 15.7 Å². The molecule has 200 valence electrons. The second kappa shape index (κ2) is 11.8. The number of nitro groups is 1. The molecule has 4 aromatic rings. The molecular weight excluding hydrogens is 592 g/mol. The number of rotatable bonds is 8. The second-order valence-corrected chi connectivity index (χ2v) is 9.75. The lowest BCUT2D eigenvalue weighted by Crippen LogP contribution is -2.37. The predicted molar refractivity (Wildman–Crippen MR) is 152 cm³/mol. The zero-order valence-corrected chi connectivity index (χ0v) is 22.9. The average Bonchev–Trinajstić information content (AvgIpc) is 3.40. The topological polar surface area (TPSA) is 144 Å². The van der Waals surface area contributed by atoms with E-state index < -0.39 is 4.92 Å². The Labute approximate surface area is 236 Å². The van der Waals surface area contributed by atoms with Crippen LogP contribution < -0.4 is 15.6 Å². The van der Waals surface area contributed by atoms with E-state index in [4.69, 9.17) is 20.8 Å². The highest BCUT2D eigenvalue weighted by atomic mass is 79.9. The summed E-state index contributed by atoms with van der Waals surface area (Å²) in [5, 5.41) is 18.7. The van der Waals surface area contributed by atoms with Crippen LogP contribution in [0.25, 0.3) is 11.3 Å². The molecule has 0 spiro atoms. The molecule has 0 bridgehead atoms. The van der Waals surface area contributed by atoms with Crippen LogP contribution in [0.4, 0.5) is 29.2 Å². The van der Waals surface area contributed by atoms with Crippen LogP contribution in [0.15, 0.2) is 62.5 Å². The van der Waals surface area contributed by atoms with Gasteiger partial charge < -0.3 is 19.4 Å². The molecule has 12 nitrogen and oxygen atoms in total. The number of anilines is 4. The van der Waals surface area contributed by atoms with Crippen molar-refractivity contribution in [2.24, 2.45) is 5.10 Å². The van der Waals surface area contributed by atoms with E-state index in [9.17, 15) is 10.1 Å². The van der Waals surface area contributed by atoms with Crippen LogP contribution in [-0.4, -0.2) is 52.4 Å².